The molecule has 0 aromatic heterocycles. The van der Waals surface area contributed by atoms with E-state index in [1.807, 2.05) is 0 Å². The molecule has 1 saturated heterocycles. The van der Waals surface area contributed by atoms with Crippen molar-refractivity contribution in [3.05, 3.63) is 17.7 Å². The maximum atomic E-state index is 12.4. The third-order valence-electron chi connectivity index (χ3n) is 4.04. The minimum Gasteiger partial charge on any atom is -0.493 e. The predicted octanol–water partition coefficient (Wildman–Crippen LogP) is 2.02. The van der Waals surface area contributed by atoms with E-state index < -0.39 is 5.92 Å². The maximum Gasteiger partial charge on any atom is 0.240 e. The highest BCUT2D eigenvalue weighted by Gasteiger charge is 2.27. The van der Waals surface area contributed by atoms with Gasteiger partial charge in [-0.25, -0.2) is 0 Å². The molecule has 1 aliphatic heterocycles. The van der Waals surface area contributed by atoms with Gasteiger partial charge in [0.05, 0.1) is 27.4 Å². The Kier molecular flexibility index (Phi) is 5.69. The lowest BCUT2D eigenvalue weighted by molar-refractivity contribution is -0.132. The third-order valence-corrected chi connectivity index (χ3v) is 4.04. The van der Waals surface area contributed by atoms with E-state index in [0.717, 1.165) is 31.5 Å². The van der Waals surface area contributed by atoms with E-state index in [1.165, 1.54) is 21.3 Å². The number of benzene rings is 1. The number of ether oxygens (including phenoxy) is 3. The van der Waals surface area contributed by atoms with Gasteiger partial charge in [0.15, 0.2) is 11.5 Å². The van der Waals surface area contributed by atoms with E-state index in [2.05, 4.69) is 6.07 Å². The minimum absolute atomic E-state index is 0.0984. The summed E-state index contributed by atoms with van der Waals surface area (Å²) in [4.78, 5) is 14.2. The van der Waals surface area contributed by atoms with Crippen LogP contribution in [0.1, 0.15) is 18.4 Å². The van der Waals surface area contributed by atoms with Gasteiger partial charge >= 0.3 is 0 Å². The van der Waals surface area contributed by atoms with Crippen molar-refractivity contribution < 1.29 is 19.0 Å². The Morgan fingerprint density at radius 1 is 1.17 bits per heavy atom. The molecule has 0 N–H and O–H groups in total. The first kappa shape index (κ1) is 16.9. The highest BCUT2D eigenvalue weighted by Crippen LogP contribution is 2.38. The van der Waals surface area contributed by atoms with Gasteiger partial charge in [-0.1, -0.05) is 0 Å². The third kappa shape index (κ3) is 3.67. The zero-order chi connectivity index (χ0) is 16.8. The molecule has 1 amide bonds. The molecule has 0 saturated carbocycles. The van der Waals surface area contributed by atoms with Gasteiger partial charge in [0.1, 0.15) is 5.92 Å². The molecule has 0 bridgehead atoms. The van der Waals surface area contributed by atoms with Crippen LogP contribution in [0.2, 0.25) is 0 Å². The molecule has 1 aromatic carbocycles. The van der Waals surface area contributed by atoms with Crippen molar-refractivity contribution in [1.82, 2.24) is 4.90 Å². The fourth-order valence-corrected chi connectivity index (χ4v) is 2.84. The van der Waals surface area contributed by atoms with Crippen LogP contribution in [0.25, 0.3) is 0 Å². The van der Waals surface area contributed by atoms with E-state index in [-0.39, 0.29) is 5.91 Å². The van der Waals surface area contributed by atoms with Crippen molar-refractivity contribution in [1.29, 1.82) is 5.26 Å². The van der Waals surface area contributed by atoms with Crippen LogP contribution in [-0.4, -0.2) is 45.2 Å². The Morgan fingerprint density at radius 3 is 2.17 bits per heavy atom. The number of hydrogen-bond acceptors (Lipinski definition) is 5. The average molecular weight is 318 g/mol. The topological polar surface area (TPSA) is 71.8 Å². The number of methoxy groups -OCH3 is 3. The number of nitrogens with zero attached hydrogens (tertiary/aromatic N) is 2. The van der Waals surface area contributed by atoms with Crippen LogP contribution < -0.4 is 14.2 Å². The van der Waals surface area contributed by atoms with Gasteiger partial charge in [-0.05, 0) is 37.0 Å². The minimum atomic E-state index is -0.698. The lowest BCUT2D eigenvalue weighted by atomic mass is 9.98. The predicted molar refractivity (Wildman–Crippen MR) is 84.7 cm³/mol. The number of hydrogen-bond donors (Lipinski definition) is 0. The van der Waals surface area contributed by atoms with Crippen LogP contribution in [0, 0.1) is 17.2 Å². The normalized spacial score (nSPS) is 15.0. The Balaban J connectivity index is 2.23. The molecule has 6 heteroatoms. The standard InChI is InChI=1S/C17H22N2O4/c1-21-14-9-12(10-15(22-2)16(14)23-3)8-13(11-18)17(20)19-6-4-5-7-19/h9-10,13H,4-8H2,1-3H3. The van der Waals surface area contributed by atoms with Crippen LogP contribution in [-0.2, 0) is 11.2 Å². The van der Waals surface area contributed by atoms with Crippen LogP contribution in [0.5, 0.6) is 17.2 Å². The molecule has 0 aliphatic carbocycles. The summed E-state index contributed by atoms with van der Waals surface area (Å²) in [7, 11) is 4.62. The summed E-state index contributed by atoms with van der Waals surface area (Å²) >= 11 is 0. The molecule has 6 nitrogen and oxygen atoms in total. The SMILES string of the molecule is COc1cc(CC(C#N)C(=O)N2CCCC2)cc(OC)c1OC. The van der Waals surface area contributed by atoms with Crippen molar-refractivity contribution >= 4 is 5.91 Å². The summed E-state index contributed by atoms with van der Waals surface area (Å²) < 4.78 is 15.9. The summed E-state index contributed by atoms with van der Waals surface area (Å²) in [5.41, 5.74) is 0.804. The first-order valence-electron chi connectivity index (χ1n) is 7.61. The highest BCUT2D eigenvalue weighted by atomic mass is 16.5. The summed E-state index contributed by atoms with van der Waals surface area (Å²) in [6, 6.07) is 5.69. The highest BCUT2D eigenvalue weighted by molar-refractivity contribution is 5.81. The zero-order valence-electron chi connectivity index (χ0n) is 13.8. The van der Waals surface area contributed by atoms with Crippen LogP contribution in [0.15, 0.2) is 12.1 Å². The molecule has 23 heavy (non-hydrogen) atoms. The second kappa shape index (κ2) is 7.73. The molecule has 1 atom stereocenters. The number of nitriles is 1. The molecule has 0 spiro atoms. The Hall–Kier alpha value is -2.42. The Labute approximate surface area is 136 Å². The largest absolute Gasteiger partial charge is 0.493 e. The van der Waals surface area contributed by atoms with E-state index in [0.29, 0.717) is 23.7 Å². The molecular weight excluding hydrogens is 296 g/mol. The lowest BCUT2D eigenvalue weighted by Gasteiger charge is -2.19. The molecule has 124 valence electrons. The van der Waals surface area contributed by atoms with Gasteiger partial charge < -0.3 is 19.1 Å². The molecule has 1 aromatic rings. The smallest absolute Gasteiger partial charge is 0.240 e. The zero-order valence-corrected chi connectivity index (χ0v) is 13.8. The second-order valence-electron chi connectivity index (χ2n) is 5.45. The molecule has 0 radical (unpaired) electrons. The average Bonchev–Trinajstić information content (AvgIpc) is 3.12. The van der Waals surface area contributed by atoms with Crippen LogP contribution in [0.4, 0.5) is 0 Å². The van der Waals surface area contributed by atoms with Crippen LogP contribution in [0.3, 0.4) is 0 Å². The summed E-state index contributed by atoms with van der Waals surface area (Å²) in [5.74, 6) is 0.743. The van der Waals surface area contributed by atoms with E-state index in [9.17, 15) is 10.1 Å². The van der Waals surface area contributed by atoms with Crippen LogP contribution >= 0.6 is 0 Å². The second-order valence-corrected chi connectivity index (χ2v) is 5.45. The Morgan fingerprint density at radius 2 is 1.74 bits per heavy atom. The number of amides is 1. The first-order valence-corrected chi connectivity index (χ1v) is 7.61. The van der Waals surface area contributed by atoms with Gasteiger partial charge in [0.25, 0.3) is 0 Å². The van der Waals surface area contributed by atoms with Gasteiger partial charge in [0, 0.05) is 13.1 Å². The maximum absolute atomic E-state index is 12.4. The van der Waals surface area contributed by atoms with Crippen molar-refractivity contribution in [2.45, 2.75) is 19.3 Å². The fourth-order valence-electron chi connectivity index (χ4n) is 2.84. The van der Waals surface area contributed by atoms with Gasteiger partial charge in [-0.3, -0.25) is 4.79 Å². The first-order chi connectivity index (χ1) is 11.1. The van der Waals surface area contributed by atoms with Gasteiger partial charge in [0.2, 0.25) is 11.7 Å². The van der Waals surface area contributed by atoms with Gasteiger partial charge in [-0.2, -0.15) is 5.26 Å². The van der Waals surface area contributed by atoms with Crippen molar-refractivity contribution in [3.63, 3.8) is 0 Å². The number of carbonyl (C=O) groups is 1. The quantitative estimate of drug-likeness (QED) is 0.802. The summed E-state index contributed by atoms with van der Waals surface area (Å²) in [6.07, 6.45) is 2.34. The summed E-state index contributed by atoms with van der Waals surface area (Å²) in [5, 5.41) is 9.39. The number of rotatable bonds is 6. The van der Waals surface area contributed by atoms with Crippen molar-refractivity contribution in [3.8, 4) is 23.3 Å². The molecule has 1 heterocycles. The lowest BCUT2D eigenvalue weighted by Crippen LogP contribution is -2.34. The van der Waals surface area contributed by atoms with Crippen molar-refractivity contribution in [2.75, 3.05) is 34.4 Å². The monoisotopic (exact) mass is 318 g/mol. The number of likely N-dealkylation sites (tertiary alicyclic amines) is 1. The van der Waals surface area contributed by atoms with Gasteiger partial charge in [-0.15, -0.1) is 0 Å². The van der Waals surface area contributed by atoms with E-state index >= 15 is 0 Å². The van der Waals surface area contributed by atoms with E-state index in [1.54, 1.807) is 17.0 Å². The molecular formula is C17H22N2O4. The molecule has 1 unspecified atom stereocenters. The van der Waals surface area contributed by atoms with E-state index in [4.69, 9.17) is 14.2 Å². The fraction of sp³-hybridized carbons (Fsp3) is 0.529. The molecule has 1 fully saturated rings. The molecule has 1 aliphatic rings. The summed E-state index contributed by atoms with van der Waals surface area (Å²) in [6.45, 7) is 1.48. The number of carbonyl (C=O) groups excluding carboxylic acids is 1. The Bertz CT molecular complexity index is 578. The molecule has 2 rings (SSSR count). The van der Waals surface area contributed by atoms with Crippen molar-refractivity contribution in [2.24, 2.45) is 5.92 Å².